The molecule has 37 heavy (non-hydrogen) atoms. The van der Waals surface area contributed by atoms with Gasteiger partial charge in [0.1, 0.15) is 35.6 Å². The Morgan fingerprint density at radius 2 is 1.78 bits per heavy atom. The van der Waals surface area contributed by atoms with E-state index < -0.39 is 5.91 Å². The zero-order chi connectivity index (χ0) is 26.5. The van der Waals surface area contributed by atoms with E-state index >= 15 is 0 Å². The van der Waals surface area contributed by atoms with Crippen LogP contribution in [-0.4, -0.2) is 49.1 Å². The number of para-hydroxylation sites is 1. The Kier molecular flexibility index (Phi) is 10.9. The number of nitrogens with one attached hydrogen (secondary N) is 1. The summed E-state index contributed by atoms with van der Waals surface area (Å²) < 4.78 is 22.7. The molecule has 2 aromatic carbocycles. The summed E-state index contributed by atoms with van der Waals surface area (Å²) in [5.74, 6) is 1.50. The van der Waals surface area contributed by atoms with E-state index in [0.717, 1.165) is 10.8 Å². The standard InChI is InChI=1S/C27H30N4O5S/c1-4-34-24-17-20(16-21(18-28)25(32)29-27-31-30-26(37-27)19(2)3)10-11-23(24)36-15-13-33-12-14-35-22-8-6-5-7-9-22/h5-11,16-17,19H,4,12-15H2,1-3H3,(H,29,31,32)/b21-16-. The Balaban J connectivity index is 1.53. The second kappa shape index (κ2) is 14.6. The van der Waals surface area contributed by atoms with Crippen molar-refractivity contribution in [3.8, 4) is 23.3 Å². The van der Waals surface area contributed by atoms with Gasteiger partial charge in [-0.15, -0.1) is 10.2 Å². The summed E-state index contributed by atoms with van der Waals surface area (Å²) in [7, 11) is 0. The fourth-order valence-electron chi connectivity index (χ4n) is 3.05. The first kappa shape index (κ1) is 27.6. The van der Waals surface area contributed by atoms with Gasteiger partial charge in [0.25, 0.3) is 5.91 Å². The molecular formula is C27H30N4O5S. The van der Waals surface area contributed by atoms with E-state index in [-0.39, 0.29) is 11.5 Å². The number of nitrogens with zero attached hydrogens (tertiary/aromatic N) is 3. The largest absolute Gasteiger partial charge is 0.491 e. The van der Waals surface area contributed by atoms with E-state index in [1.807, 2.05) is 57.2 Å². The average Bonchev–Trinajstić information content (AvgIpc) is 3.37. The van der Waals surface area contributed by atoms with Crippen LogP contribution in [0, 0.1) is 11.3 Å². The third-order valence-corrected chi connectivity index (χ3v) is 5.96. The van der Waals surface area contributed by atoms with Crippen molar-refractivity contribution in [2.75, 3.05) is 38.4 Å². The van der Waals surface area contributed by atoms with Gasteiger partial charge in [-0.2, -0.15) is 5.26 Å². The van der Waals surface area contributed by atoms with Gasteiger partial charge >= 0.3 is 0 Å². The number of nitriles is 1. The minimum Gasteiger partial charge on any atom is -0.491 e. The van der Waals surface area contributed by atoms with Crippen LogP contribution in [0.3, 0.4) is 0 Å². The number of ether oxygens (including phenoxy) is 4. The van der Waals surface area contributed by atoms with Crippen LogP contribution in [0.2, 0.25) is 0 Å². The van der Waals surface area contributed by atoms with Crippen LogP contribution < -0.4 is 19.5 Å². The molecule has 9 nitrogen and oxygen atoms in total. The molecule has 0 aliphatic carbocycles. The third-order valence-electron chi connectivity index (χ3n) is 4.82. The zero-order valence-electron chi connectivity index (χ0n) is 21.1. The number of aromatic nitrogens is 2. The Morgan fingerprint density at radius 3 is 2.46 bits per heavy atom. The molecule has 1 aromatic heterocycles. The third kappa shape index (κ3) is 8.90. The average molecular weight is 523 g/mol. The highest BCUT2D eigenvalue weighted by atomic mass is 32.1. The predicted molar refractivity (Wildman–Crippen MR) is 142 cm³/mol. The van der Waals surface area contributed by atoms with Crippen molar-refractivity contribution in [1.82, 2.24) is 10.2 Å². The first-order valence-corrected chi connectivity index (χ1v) is 12.7. The summed E-state index contributed by atoms with van der Waals surface area (Å²) in [5.41, 5.74) is 0.556. The van der Waals surface area contributed by atoms with E-state index in [9.17, 15) is 10.1 Å². The number of hydrogen-bond acceptors (Lipinski definition) is 9. The maximum Gasteiger partial charge on any atom is 0.268 e. The summed E-state index contributed by atoms with van der Waals surface area (Å²) >= 11 is 1.28. The van der Waals surface area contributed by atoms with Gasteiger partial charge in [-0.1, -0.05) is 49.4 Å². The summed E-state index contributed by atoms with van der Waals surface area (Å²) in [6.45, 7) is 7.87. The van der Waals surface area contributed by atoms with E-state index in [0.29, 0.717) is 55.2 Å². The minimum absolute atomic E-state index is 0.0662. The highest BCUT2D eigenvalue weighted by Gasteiger charge is 2.15. The molecule has 0 radical (unpaired) electrons. The maximum absolute atomic E-state index is 12.6. The highest BCUT2D eigenvalue weighted by Crippen LogP contribution is 2.30. The van der Waals surface area contributed by atoms with Crippen LogP contribution in [-0.2, 0) is 9.53 Å². The molecule has 1 amide bonds. The molecule has 194 valence electrons. The van der Waals surface area contributed by atoms with Crippen LogP contribution in [0.4, 0.5) is 5.13 Å². The molecule has 10 heteroatoms. The first-order valence-electron chi connectivity index (χ1n) is 11.9. The molecule has 0 unspecified atom stereocenters. The molecule has 1 heterocycles. The van der Waals surface area contributed by atoms with Crippen molar-refractivity contribution < 1.29 is 23.7 Å². The van der Waals surface area contributed by atoms with Crippen LogP contribution >= 0.6 is 11.3 Å². The smallest absolute Gasteiger partial charge is 0.268 e. The lowest BCUT2D eigenvalue weighted by Gasteiger charge is -2.13. The number of carbonyl (C=O) groups is 1. The van der Waals surface area contributed by atoms with E-state index in [4.69, 9.17) is 18.9 Å². The number of hydrogen-bond donors (Lipinski definition) is 1. The van der Waals surface area contributed by atoms with Crippen molar-refractivity contribution in [1.29, 1.82) is 5.26 Å². The summed E-state index contributed by atoms with van der Waals surface area (Å²) in [4.78, 5) is 12.6. The van der Waals surface area contributed by atoms with E-state index in [2.05, 4.69) is 15.5 Å². The normalized spacial score (nSPS) is 11.2. The number of amides is 1. The second-order valence-corrected chi connectivity index (χ2v) is 8.99. The lowest BCUT2D eigenvalue weighted by Crippen LogP contribution is -2.13. The predicted octanol–water partition coefficient (Wildman–Crippen LogP) is 5.08. The molecule has 3 aromatic rings. The topological polar surface area (TPSA) is 116 Å². The van der Waals surface area contributed by atoms with Crippen LogP contribution in [0.1, 0.15) is 37.3 Å². The Morgan fingerprint density at radius 1 is 1.03 bits per heavy atom. The van der Waals surface area contributed by atoms with Gasteiger partial charge < -0.3 is 18.9 Å². The quantitative estimate of drug-likeness (QED) is 0.177. The number of rotatable bonds is 14. The number of anilines is 1. The molecule has 0 saturated carbocycles. The van der Waals surface area contributed by atoms with Crippen LogP contribution in [0.25, 0.3) is 6.08 Å². The number of carbonyl (C=O) groups excluding carboxylic acids is 1. The van der Waals surface area contributed by atoms with Crippen molar-refractivity contribution in [3.63, 3.8) is 0 Å². The zero-order valence-corrected chi connectivity index (χ0v) is 21.9. The summed E-state index contributed by atoms with van der Waals surface area (Å²) in [6, 6.07) is 16.7. The fraction of sp³-hybridized carbons (Fsp3) is 0.333. The SMILES string of the molecule is CCOc1cc(/C=C(/C#N)C(=O)Nc2nnc(C(C)C)s2)ccc1OCCOCCOc1ccccc1. The summed E-state index contributed by atoms with van der Waals surface area (Å²) in [6.07, 6.45) is 1.49. The Hall–Kier alpha value is -3.94. The van der Waals surface area contributed by atoms with Gasteiger partial charge in [0.15, 0.2) is 11.5 Å². The number of benzene rings is 2. The van der Waals surface area contributed by atoms with Gasteiger partial charge in [0.2, 0.25) is 5.13 Å². The molecule has 0 aliphatic heterocycles. The van der Waals surface area contributed by atoms with Crippen molar-refractivity contribution >= 4 is 28.5 Å². The van der Waals surface area contributed by atoms with Gasteiger partial charge in [-0.3, -0.25) is 10.1 Å². The lowest BCUT2D eigenvalue weighted by atomic mass is 10.1. The molecular weight excluding hydrogens is 492 g/mol. The second-order valence-electron chi connectivity index (χ2n) is 7.99. The molecule has 0 spiro atoms. The van der Waals surface area contributed by atoms with Crippen LogP contribution in [0.5, 0.6) is 17.2 Å². The Labute approximate surface area is 220 Å². The van der Waals surface area contributed by atoms with Gasteiger partial charge in [-0.05, 0) is 42.8 Å². The van der Waals surface area contributed by atoms with Crippen molar-refractivity contribution in [3.05, 3.63) is 64.7 Å². The van der Waals surface area contributed by atoms with E-state index in [1.165, 1.54) is 17.4 Å². The lowest BCUT2D eigenvalue weighted by molar-refractivity contribution is -0.112. The molecule has 0 fully saturated rings. The molecule has 0 aliphatic rings. The molecule has 3 rings (SSSR count). The molecule has 0 bridgehead atoms. The minimum atomic E-state index is -0.555. The molecule has 0 atom stereocenters. The van der Waals surface area contributed by atoms with Crippen LogP contribution in [0.15, 0.2) is 54.1 Å². The van der Waals surface area contributed by atoms with E-state index in [1.54, 1.807) is 18.2 Å². The molecule has 1 N–H and O–H groups in total. The summed E-state index contributed by atoms with van der Waals surface area (Å²) in [5, 5.41) is 21.3. The molecule has 0 saturated heterocycles. The van der Waals surface area contributed by atoms with Crippen molar-refractivity contribution in [2.45, 2.75) is 26.7 Å². The van der Waals surface area contributed by atoms with Gasteiger partial charge in [-0.25, -0.2) is 0 Å². The Bertz CT molecular complexity index is 1220. The maximum atomic E-state index is 12.6. The fourth-order valence-corrected chi connectivity index (χ4v) is 3.79. The monoisotopic (exact) mass is 522 g/mol. The highest BCUT2D eigenvalue weighted by molar-refractivity contribution is 7.15. The van der Waals surface area contributed by atoms with Gasteiger partial charge in [0.05, 0.1) is 19.8 Å². The van der Waals surface area contributed by atoms with Crippen molar-refractivity contribution in [2.24, 2.45) is 0 Å². The van der Waals surface area contributed by atoms with Gasteiger partial charge in [0, 0.05) is 5.92 Å². The first-order chi connectivity index (χ1) is 18.0.